The minimum Gasteiger partial charge on any atom is -0.322 e. The molecule has 0 heterocycles. The van der Waals surface area contributed by atoms with Crippen LogP contribution in [0.15, 0.2) is 42.5 Å². The van der Waals surface area contributed by atoms with Gasteiger partial charge in [0.25, 0.3) is 0 Å². The van der Waals surface area contributed by atoms with Gasteiger partial charge in [0.2, 0.25) is 5.91 Å². The Bertz CT molecular complexity index is 739. The fourth-order valence-electron chi connectivity index (χ4n) is 2.81. The minimum absolute atomic E-state index is 0.107. The molecule has 2 aromatic carbocycles. The monoisotopic (exact) mass is 321 g/mol. The standard InChI is InChI=1S/C22H27NO/c1-15-13-16(2)21(17(3)14-15)23-20(24)12-9-18-7-10-19(11-8-18)22(4,5)6/h7-14H,1-6H3,(H,23,24). The third-order valence-electron chi connectivity index (χ3n) is 4.13. The Morgan fingerprint density at radius 3 is 2.00 bits per heavy atom. The Morgan fingerprint density at radius 2 is 1.50 bits per heavy atom. The Hall–Kier alpha value is -2.35. The van der Waals surface area contributed by atoms with Crippen LogP contribution in [-0.2, 0) is 10.2 Å². The van der Waals surface area contributed by atoms with Gasteiger partial charge in [-0.2, -0.15) is 0 Å². The third-order valence-corrected chi connectivity index (χ3v) is 4.13. The third kappa shape index (κ3) is 4.58. The van der Waals surface area contributed by atoms with Crippen LogP contribution in [0.1, 0.15) is 48.6 Å². The summed E-state index contributed by atoms with van der Waals surface area (Å²) in [6, 6.07) is 12.5. The average Bonchev–Trinajstić information content (AvgIpc) is 2.48. The van der Waals surface area contributed by atoms with Crippen LogP contribution < -0.4 is 5.32 Å². The Labute approximate surface area is 145 Å². The Balaban J connectivity index is 2.09. The van der Waals surface area contributed by atoms with E-state index in [2.05, 4.69) is 57.3 Å². The lowest BCUT2D eigenvalue weighted by atomic mass is 9.87. The summed E-state index contributed by atoms with van der Waals surface area (Å²) in [4.78, 5) is 12.2. The van der Waals surface area contributed by atoms with Crippen molar-refractivity contribution in [1.29, 1.82) is 0 Å². The molecule has 1 amide bonds. The fraction of sp³-hybridized carbons (Fsp3) is 0.318. The van der Waals surface area contributed by atoms with Gasteiger partial charge < -0.3 is 5.32 Å². The summed E-state index contributed by atoms with van der Waals surface area (Å²) in [6.45, 7) is 12.7. The van der Waals surface area contributed by atoms with Gasteiger partial charge in [0.15, 0.2) is 0 Å². The van der Waals surface area contributed by atoms with Crippen LogP contribution in [0, 0.1) is 20.8 Å². The van der Waals surface area contributed by atoms with Gasteiger partial charge in [0.1, 0.15) is 0 Å². The second kappa shape index (κ2) is 7.04. The zero-order valence-electron chi connectivity index (χ0n) is 15.5. The number of rotatable bonds is 3. The van der Waals surface area contributed by atoms with E-state index < -0.39 is 0 Å². The molecule has 126 valence electrons. The first-order valence-electron chi connectivity index (χ1n) is 8.34. The summed E-state index contributed by atoms with van der Waals surface area (Å²) in [5.41, 5.74) is 6.73. The van der Waals surface area contributed by atoms with Gasteiger partial charge in [0.05, 0.1) is 0 Å². The van der Waals surface area contributed by atoms with Crippen LogP contribution in [-0.4, -0.2) is 5.91 Å². The number of nitrogens with one attached hydrogen (secondary N) is 1. The van der Waals surface area contributed by atoms with E-state index in [4.69, 9.17) is 0 Å². The highest BCUT2D eigenvalue weighted by Gasteiger charge is 2.12. The molecule has 0 fully saturated rings. The molecule has 0 saturated carbocycles. The lowest BCUT2D eigenvalue weighted by molar-refractivity contribution is -0.111. The molecule has 24 heavy (non-hydrogen) atoms. The fourth-order valence-corrected chi connectivity index (χ4v) is 2.81. The molecule has 1 N–H and O–H groups in total. The van der Waals surface area contributed by atoms with Crippen molar-refractivity contribution in [3.63, 3.8) is 0 Å². The van der Waals surface area contributed by atoms with Crippen molar-refractivity contribution in [2.24, 2.45) is 0 Å². The van der Waals surface area contributed by atoms with Gasteiger partial charge in [0, 0.05) is 11.8 Å². The van der Waals surface area contributed by atoms with E-state index in [1.807, 2.05) is 32.1 Å². The number of carbonyl (C=O) groups is 1. The predicted molar refractivity (Wildman–Crippen MR) is 103 cm³/mol. The number of carbonyl (C=O) groups excluding carboxylic acids is 1. The largest absolute Gasteiger partial charge is 0.322 e. The van der Waals surface area contributed by atoms with Crippen molar-refractivity contribution < 1.29 is 4.79 Å². The first kappa shape index (κ1) is 18.0. The molecule has 0 atom stereocenters. The molecule has 0 unspecified atom stereocenters. The number of hydrogen-bond acceptors (Lipinski definition) is 1. The van der Waals surface area contributed by atoms with E-state index in [1.165, 1.54) is 11.1 Å². The normalized spacial score (nSPS) is 11.8. The van der Waals surface area contributed by atoms with Crippen molar-refractivity contribution in [3.05, 3.63) is 70.3 Å². The maximum atomic E-state index is 12.2. The maximum Gasteiger partial charge on any atom is 0.248 e. The van der Waals surface area contributed by atoms with Crippen LogP contribution in [0.2, 0.25) is 0 Å². The van der Waals surface area contributed by atoms with E-state index in [1.54, 1.807) is 6.08 Å². The highest BCUT2D eigenvalue weighted by Crippen LogP contribution is 2.23. The van der Waals surface area contributed by atoms with Crippen LogP contribution in [0.25, 0.3) is 6.08 Å². The van der Waals surface area contributed by atoms with Crippen molar-refractivity contribution >= 4 is 17.7 Å². The molecule has 0 bridgehead atoms. The molecule has 2 nitrogen and oxygen atoms in total. The molecule has 2 rings (SSSR count). The molecule has 0 radical (unpaired) electrons. The summed E-state index contributed by atoms with van der Waals surface area (Å²) >= 11 is 0. The highest BCUT2D eigenvalue weighted by molar-refractivity contribution is 6.02. The Morgan fingerprint density at radius 1 is 0.958 bits per heavy atom. The summed E-state index contributed by atoms with van der Waals surface area (Å²) < 4.78 is 0. The maximum absolute atomic E-state index is 12.2. The van der Waals surface area contributed by atoms with Crippen molar-refractivity contribution in [2.75, 3.05) is 5.32 Å². The van der Waals surface area contributed by atoms with Crippen molar-refractivity contribution in [1.82, 2.24) is 0 Å². The number of anilines is 1. The molecule has 2 aromatic rings. The number of aryl methyl sites for hydroxylation is 3. The first-order valence-corrected chi connectivity index (χ1v) is 8.34. The molecular formula is C22H27NO. The summed E-state index contributed by atoms with van der Waals surface area (Å²) in [5, 5.41) is 2.99. The molecule has 0 aliphatic heterocycles. The van der Waals surface area contributed by atoms with E-state index in [9.17, 15) is 4.79 Å². The average molecular weight is 321 g/mol. The number of amides is 1. The second-order valence-electron chi connectivity index (χ2n) is 7.47. The molecule has 0 aromatic heterocycles. The van der Waals surface area contributed by atoms with E-state index >= 15 is 0 Å². The SMILES string of the molecule is Cc1cc(C)c(NC(=O)C=Cc2ccc(C(C)(C)C)cc2)c(C)c1. The molecule has 0 aliphatic rings. The van der Waals surface area contributed by atoms with Crippen molar-refractivity contribution in [3.8, 4) is 0 Å². The lowest BCUT2D eigenvalue weighted by Crippen LogP contribution is -2.11. The topological polar surface area (TPSA) is 29.1 Å². The lowest BCUT2D eigenvalue weighted by Gasteiger charge is -2.18. The van der Waals surface area contributed by atoms with E-state index in [-0.39, 0.29) is 11.3 Å². The van der Waals surface area contributed by atoms with Gasteiger partial charge in [-0.1, -0.05) is 62.7 Å². The zero-order valence-corrected chi connectivity index (χ0v) is 15.5. The summed E-state index contributed by atoms with van der Waals surface area (Å²) in [6.07, 6.45) is 3.44. The molecule has 2 heteroatoms. The van der Waals surface area contributed by atoms with Crippen molar-refractivity contribution in [2.45, 2.75) is 47.0 Å². The molecular weight excluding hydrogens is 294 g/mol. The highest BCUT2D eigenvalue weighted by atomic mass is 16.1. The zero-order chi connectivity index (χ0) is 17.9. The van der Waals surface area contributed by atoms with Crippen LogP contribution >= 0.6 is 0 Å². The summed E-state index contributed by atoms with van der Waals surface area (Å²) in [5.74, 6) is -0.107. The molecule has 0 saturated heterocycles. The minimum atomic E-state index is -0.107. The van der Waals surface area contributed by atoms with Crippen LogP contribution in [0.5, 0.6) is 0 Å². The smallest absolute Gasteiger partial charge is 0.248 e. The first-order chi connectivity index (χ1) is 11.2. The van der Waals surface area contributed by atoms with Gasteiger partial charge in [-0.05, 0) is 54.5 Å². The van der Waals surface area contributed by atoms with Gasteiger partial charge in [-0.3, -0.25) is 4.79 Å². The Kier molecular flexibility index (Phi) is 5.28. The van der Waals surface area contributed by atoms with Crippen LogP contribution in [0.4, 0.5) is 5.69 Å². The van der Waals surface area contributed by atoms with E-state index in [0.29, 0.717) is 0 Å². The van der Waals surface area contributed by atoms with Gasteiger partial charge >= 0.3 is 0 Å². The summed E-state index contributed by atoms with van der Waals surface area (Å²) in [7, 11) is 0. The van der Waals surface area contributed by atoms with E-state index in [0.717, 1.165) is 22.4 Å². The molecule has 0 spiro atoms. The predicted octanol–water partition coefficient (Wildman–Crippen LogP) is 5.56. The number of benzene rings is 2. The second-order valence-corrected chi connectivity index (χ2v) is 7.47. The van der Waals surface area contributed by atoms with Gasteiger partial charge in [-0.15, -0.1) is 0 Å². The van der Waals surface area contributed by atoms with Gasteiger partial charge in [-0.25, -0.2) is 0 Å². The number of hydrogen-bond donors (Lipinski definition) is 1. The molecule has 0 aliphatic carbocycles. The van der Waals surface area contributed by atoms with Crippen LogP contribution in [0.3, 0.4) is 0 Å². The quantitative estimate of drug-likeness (QED) is 0.737.